The van der Waals surface area contributed by atoms with Crippen LogP contribution >= 0.6 is 0 Å². The van der Waals surface area contributed by atoms with E-state index >= 15 is 0 Å². The SMILES string of the molecule is COc1ccc(CNC2CCC2)cc1OC[C@H](O)CN1CCCN(C)CC1. The first-order valence-electron chi connectivity index (χ1n) is 10.3. The minimum Gasteiger partial charge on any atom is -0.493 e. The van der Waals surface area contributed by atoms with Crippen molar-refractivity contribution in [1.82, 2.24) is 15.1 Å². The van der Waals surface area contributed by atoms with Gasteiger partial charge in [-0.15, -0.1) is 0 Å². The second kappa shape index (κ2) is 10.3. The number of rotatable bonds is 9. The molecule has 0 spiro atoms. The summed E-state index contributed by atoms with van der Waals surface area (Å²) in [5, 5.41) is 14.0. The number of likely N-dealkylation sites (N-methyl/N-ethyl adjacent to an activating group) is 1. The molecule has 1 aliphatic carbocycles. The molecule has 0 unspecified atom stereocenters. The Morgan fingerprint density at radius 3 is 2.74 bits per heavy atom. The largest absolute Gasteiger partial charge is 0.493 e. The molecule has 6 heteroatoms. The van der Waals surface area contributed by atoms with Crippen LogP contribution < -0.4 is 14.8 Å². The summed E-state index contributed by atoms with van der Waals surface area (Å²) >= 11 is 0. The average Bonchev–Trinajstić information content (AvgIpc) is 2.83. The van der Waals surface area contributed by atoms with Crippen LogP contribution in [-0.4, -0.2) is 80.5 Å². The summed E-state index contributed by atoms with van der Waals surface area (Å²) in [6.45, 7) is 5.99. The van der Waals surface area contributed by atoms with Crippen molar-refractivity contribution in [2.24, 2.45) is 0 Å². The minimum atomic E-state index is -0.505. The highest BCUT2D eigenvalue weighted by Crippen LogP contribution is 2.28. The second-order valence-corrected chi connectivity index (χ2v) is 7.92. The number of aliphatic hydroxyl groups excluding tert-OH is 1. The normalized spacial score (nSPS) is 20.7. The van der Waals surface area contributed by atoms with Gasteiger partial charge in [0.15, 0.2) is 11.5 Å². The van der Waals surface area contributed by atoms with Gasteiger partial charge in [0, 0.05) is 32.2 Å². The van der Waals surface area contributed by atoms with Crippen LogP contribution in [0.1, 0.15) is 31.2 Å². The monoisotopic (exact) mass is 377 g/mol. The molecule has 0 aromatic heterocycles. The van der Waals surface area contributed by atoms with Crippen LogP contribution in [0.2, 0.25) is 0 Å². The molecule has 0 radical (unpaired) electrons. The highest BCUT2D eigenvalue weighted by molar-refractivity contribution is 5.43. The Hall–Kier alpha value is -1.34. The topological polar surface area (TPSA) is 57.2 Å². The van der Waals surface area contributed by atoms with Gasteiger partial charge in [-0.2, -0.15) is 0 Å². The Balaban J connectivity index is 1.49. The maximum absolute atomic E-state index is 10.4. The summed E-state index contributed by atoms with van der Waals surface area (Å²) < 4.78 is 11.4. The third kappa shape index (κ3) is 6.35. The lowest BCUT2D eigenvalue weighted by Gasteiger charge is -2.26. The first-order chi connectivity index (χ1) is 13.1. The van der Waals surface area contributed by atoms with Crippen LogP contribution in [0.5, 0.6) is 11.5 Å². The molecule has 6 nitrogen and oxygen atoms in total. The van der Waals surface area contributed by atoms with E-state index in [1.54, 1.807) is 7.11 Å². The van der Waals surface area contributed by atoms with E-state index in [4.69, 9.17) is 9.47 Å². The maximum Gasteiger partial charge on any atom is 0.161 e. The van der Waals surface area contributed by atoms with Crippen LogP contribution in [-0.2, 0) is 6.54 Å². The number of aliphatic hydroxyl groups is 1. The minimum absolute atomic E-state index is 0.280. The van der Waals surface area contributed by atoms with Gasteiger partial charge < -0.3 is 24.8 Å². The molecule has 2 fully saturated rings. The summed E-state index contributed by atoms with van der Waals surface area (Å²) in [6.07, 6.45) is 4.53. The first kappa shape index (κ1) is 20.4. The third-order valence-corrected chi connectivity index (χ3v) is 5.64. The van der Waals surface area contributed by atoms with Crippen molar-refractivity contribution >= 4 is 0 Å². The lowest BCUT2D eigenvalue weighted by Crippen LogP contribution is -2.37. The lowest BCUT2D eigenvalue weighted by atomic mass is 9.93. The van der Waals surface area contributed by atoms with Gasteiger partial charge in [-0.1, -0.05) is 12.5 Å². The number of nitrogens with one attached hydrogen (secondary N) is 1. The fourth-order valence-corrected chi connectivity index (χ4v) is 3.64. The van der Waals surface area contributed by atoms with Crippen molar-refractivity contribution in [3.8, 4) is 11.5 Å². The van der Waals surface area contributed by atoms with Crippen LogP contribution in [0, 0.1) is 0 Å². The van der Waals surface area contributed by atoms with E-state index in [-0.39, 0.29) is 6.61 Å². The van der Waals surface area contributed by atoms with Gasteiger partial charge >= 0.3 is 0 Å². The van der Waals surface area contributed by atoms with E-state index in [9.17, 15) is 5.11 Å². The predicted molar refractivity (Wildman–Crippen MR) is 108 cm³/mol. The standard InChI is InChI=1S/C21H35N3O3/c1-23-9-4-10-24(12-11-23)15-19(25)16-27-21-13-17(7-8-20(21)26-2)14-22-18-5-3-6-18/h7-8,13,18-19,22,25H,3-6,9-12,14-16H2,1-2H3/t19-/m1/s1. The molecule has 152 valence electrons. The Morgan fingerprint density at radius 2 is 2.00 bits per heavy atom. The van der Waals surface area contributed by atoms with Gasteiger partial charge in [0.2, 0.25) is 0 Å². The average molecular weight is 378 g/mol. The number of ether oxygens (including phenoxy) is 2. The van der Waals surface area contributed by atoms with Gasteiger partial charge in [-0.25, -0.2) is 0 Å². The molecule has 1 aromatic carbocycles. The smallest absolute Gasteiger partial charge is 0.161 e. The van der Waals surface area contributed by atoms with Crippen LogP contribution in [0.15, 0.2) is 18.2 Å². The number of β-amino-alcohol motifs (C(OH)–C–C–N with tert-alkyl or cyclic N) is 1. The Bertz CT molecular complexity index is 580. The van der Waals surface area contributed by atoms with E-state index in [0.29, 0.717) is 24.1 Å². The zero-order valence-corrected chi connectivity index (χ0v) is 16.8. The molecule has 27 heavy (non-hydrogen) atoms. The first-order valence-corrected chi connectivity index (χ1v) is 10.3. The zero-order valence-electron chi connectivity index (χ0n) is 16.8. The summed E-state index contributed by atoms with van der Waals surface area (Å²) in [6, 6.07) is 6.70. The van der Waals surface area contributed by atoms with E-state index < -0.39 is 6.10 Å². The van der Waals surface area contributed by atoms with Crippen molar-refractivity contribution in [2.75, 3.05) is 53.5 Å². The third-order valence-electron chi connectivity index (χ3n) is 5.64. The van der Waals surface area contributed by atoms with Crippen molar-refractivity contribution in [3.63, 3.8) is 0 Å². The van der Waals surface area contributed by atoms with Crippen LogP contribution in [0.4, 0.5) is 0 Å². The van der Waals surface area contributed by atoms with Gasteiger partial charge in [0.25, 0.3) is 0 Å². The van der Waals surface area contributed by atoms with Crippen molar-refractivity contribution in [3.05, 3.63) is 23.8 Å². The molecule has 1 aromatic rings. The summed E-state index contributed by atoms with van der Waals surface area (Å²) in [5.41, 5.74) is 1.18. The molecule has 1 aliphatic heterocycles. The molecule has 2 N–H and O–H groups in total. The second-order valence-electron chi connectivity index (χ2n) is 7.92. The molecule has 1 atom stereocenters. The summed E-state index contributed by atoms with van der Waals surface area (Å²) in [5.74, 6) is 1.42. The molecule has 0 amide bonds. The Morgan fingerprint density at radius 1 is 1.15 bits per heavy atom. The van der Waals surface area contributed by atoms with Gasteiger partial charge in [0.05, 0.1) is 7.11 Å². The molecular formula is C21H35N3O3. The maximum atomic E-state index is 10.4. The van der Waals surface area contributed by atoms with Crippen LogP contribution in [0.25, 0.3) is 0 Å². The van der Waals surface area contributed by atoms with Crippen molar-refractivity contribution in [1.29, 1.82) is 0 Å². The van der Waals surface area contributed by atoms with Crippen molar-refractivity contribution in [2.45, 2.75) is 44.4 Å². The number of benzene rings is 1. The number of hydrogen-bond donors (Lipinski definition) is 2. The quantitative estimate of drug-likeness (QED) is 0.683. The number of nitrogens with zero attached hydrogens (tertiary/aromatic N) is 2. The van der Waals surface area contributed by atoms with E-state index in [1.807, 2.05) is 12.1 Å². The van der Waals surface area contributed by atoms with E-state index in [0.717, 1.165) is 39.1 Å². The van der Waals surface area contributed by atoms with Gasteiger partial charge in [-0.3, -0.25) is 4.90 Å². The zero-order chi connectivity index (χ0) is 19.1. The molecule has 1 heterocycles. The fourth-order valence-electron chi connectivity index (χ4n) is 3.64. The molecule has 1 saturated heterocycles. The van der Waals surface area contributed by atoms with E-state index in [2.05, 4.69) is 28.2 Å². The predicted octanol–water partition coefficient (Wildman–Crippen LogP) is 1.71. The molecular weight excluding hydrogens is 342 g/mol. The lowest BCUT2D eigenvalue weighted by molar-refractivity contribution is 0.0685. The summed E-state index contributed by atoms with van der Waals surface area (Å²) in [7, 11) is 3.81. The highest BCUT2D eigenvalue weighted by Gasteiger charge is 2.18. The van der Waals surface area contributed by atoms with E-state index in [1.165, 1.54) is 24.8 Å². The van der Waals surface area contributed by atoms with Gasteiger partial charge in [0.1, 0.15) is 12.7 Å². The fraction of sp³-hybridized carbons (Fsp3) is 0.714. The Labute approximate surface area is 163 Å². The highest BCUT2D eigenvalue weighted by atomic mass is 16.5. The molecule has 1 saturated carbocycles. The molecule has 0 bridgehead atoms. The summed E-state index contributed by atoms with van der Waals surface area (Å²) in [4.78, 5) is 4.67. The Kier molecular flexibility index (Phi) is 7.76. The van der Waals surface area contributed by atoms with Crippen molar-refractivity contribution < 1.29 is 14.6 Å². The molecule has 2 aliphatic rings. The number of hydrogen-bond acceptors (Lipinski definition) is 6. The van der Waals surface area contributed by atoms with Gasteiger partial charge in [-0.05, 0) is 57.1 Å². The number of methoxy groups -OCH3 is 1. The molecule has 3 rings (SSSR count). The van der Waals surface area contributed by atoms with Crippen LogP contribution in [0.3, 0.4) is 0 Å².